The minimum Gasteiger partial charge on any atom is -0.497 e. The molecule has 0 saturated heterocycles. The van der Waals surface area contributed by atoms with Crippen molar-refractivity contribution in [3.63, 3.8) is 0 Å². The van der Waals surface area contributed by atoms with Crippen LogP contribution in [-0.4, -0.2) is 21.7 Å². The van der Waals surface area contributed by atoms with Gasteiger partial charge in [0.25, 0.3) is 5.56 Å². The van der Waals surface area contributed by atoms with Gasteiger partial charge in [0, 0.05) is 12.5 Å². The first-order valence-electron chi connectivity index (χ1n) is 7.35. The lowest BCUT2D eigenvalue weighted by atomic mass is 10.3. The number of rotatable bonds is 6. The molecule has 0 unspecified atom stereocenters. The molecule has 2 aromatic heterocycles. The summed E-state index contributed by atoms with van der Waals surface area (Å²) in [6.07, 6.45) is 1.84. The van der Waals surface area contributed by atoms with Crippen molar-refractivity contribution in [1.29, 1.82) is 0 Å². The Labute approximate surface area is 137 Å². The second kappa shape index (κ2) is 6.78. The molecule has 7 heteroatoms. The Morgan fingerprint density at radius 1 is 1.22 bits per heavy atom. The second-order valence-corrected chi connectivity index (χ2v) is 6.03. The Morgan fingerprint density at radius 2 is 1.96 bits per heavy atom. The van der Waals surface area contributed by atoms with E-state index in [1.165, 1.54) is 21.9 Å². The van der Waals surface area contributed by atoms with E-state index in [-0.39, 0.29) is 12.2 Å². The third-order valence-electron chi connectivity index (χ3n) is 3.25. The van der Waals surface area contributed by atoms with Crippen LogP contribution in [0.4, 0.5) is 0 Å². The van der Waals surface area contributed by atoms with E-state index in [0.717, 1.165) is 23.6 Å². The predicted octanol–water partition coefficient (Wildman–Crippen LogP) is 2.69. The van der Waals surface area contributed by atoms with Gasteiger partial charge >= 0.3 is 0 Å². The highest BCUT2D eigenvalue weighted by Crippen LogP contribution is 2.18. The fourth-order valence-electron chi connectivity index (χ4n) is 2.11. The summed E-state index contributed by atoms with van der Waals surface area (Å²) in [5.41, 5.74) is 0.416. The third kappa shape index (κ3) is 3.50. The van der Waals surface area contributed by atoms with E-state index in [0.29, 0.717) is 16.4 Å². The van der Waals surface area contributed by atoms with Gasteiger partial charge in [-0.1, -0.05) is 18.3 Å². The topological polar surface area (TPSA) is 65.7 Å². The molecular weight excluding hydrogens is 314 g/mol. The lowest BCUT2D eigenvalue weighted by molar-refractivity contribution is 0.300. The normalized spacial score (nSPS) is 10.9. The summed E-state index contributed by atoms with van der Waals surface area (Å²) in [5.74, 6) is 1.46. The molecule has 0 radical (unpaired) electrons. The molecule has 0 fully saturated rings. The van der Waals surface area contributed by atoms with Gasteiger partial charge in [-0.15, -0.1) is 0 Å². The fourth-order valence-corrected chi connectivity index (χ4v) is 3.13. The van der Waals surface area contributed by atoms with Crippen molar-refractivity contribution in [2.24, 2.45) is 0 Å². The highest BCUT2D eigenvalue weighted by Gasteiger charge is 2.09. The lowest BCUT2D eigenvalue weighted by Gasteiger charge is -2.06. The number of hydrogen-bond acceptors (Lipinski definition) is 6. The summed E-state index contributed by atoms with van der Waals surface area (Å²) >= 11 is 1.45. The predicted molar refractivity (Wildman–Crippen MR) is 88.5 cm³/mol. The minimum atomic E-state index is -0.179. The van der Waals surface area contributed by atoms with Crippen LogP contribution in [0.15, 0.2) is 35.1 Å². The van der Waals surface area contributed by atoms with Crippen molar-refractivity contribution in [3.8, 4) is 11.5 Å². The van der Waals surface area contributed by atoms with Crippen LogP contribution in [0.5, 0.6) is 11.5 Å². The molecule has 120 valence electrons. The maximum atomic E-state index is 12.1. The van der Waals surface area contributed by atoms with Gasteiger partial charge in [-0.3, -0.25) is 4.79 Å². The molecule has 6 nitrogen and oxygen atoms in total. The molecule has 3 aromatic rings. The molecule has 23 heavy (non-hydrogen) atoms. The van der Waals surface area contributed by atoms with E-state index in [4.69, 9.17) is 9.47 Å². The monoisotopic (exact) mass is 331 g/mol. The quantitative estimate of drug-likeness (QED) is 0.695. The summed E-state index contributed by atoms with van der Waals surface area (Å²) in [7, 11) is 1.62. The lowest BCUT2D eigenvalue weighted by Crippen LogP contribution is -2.16. The summed E-state index contributed by atoms with van der Waals surface area (Å²) < 4.78 is 12.1. The number of nitrogens with zero attached hydrogens (tertiary/aromatic N) is 3. The third-order valence-corrected chi connectivity index (χ3v) is 4.22. The molecule has 0 aliphatic heterocycles. The summed E-state index contributed by atoms with van der Waals surface area (Å²) in [5, 5.41) is 5.21. The SMILES string of the molecule is CCCc1nn2c(=O)cc(COc3ccc(OC)cc3)nc2s1. The standard InChI is InChI=1S/C16H17N3O3S/c1-3-4-14-18-19-15(20)9-11(17-16(19)23-14)10-22-13-7-5-12(21-2)6-8-13/h5-9H,3-4,10H2,1-2H3. The Balaban J connectivity index is 1.78. The Bertz CT molecular complexity index is 855. The van der Waals surface area contributed by atoms with Crippen LogP contribution >= 0.6 is 11.3 Å². The zero-order valence-corrected chi connectivity index (χ0v) is 13.8. The van der Waals surface area contributed by atoms with Crippen molar-refractivity contribution in [2.45, 2.75) is 26.4 Å². The van der Waals surface area contributed by atoms with E-state index in [1.54, 1.807) is 7.11 Å². The van der Waals surface area contributed by atoms with Crippen molar-refractivity contribution < 1.29 is 9.47 Å². The molecule has 0 aliphatic carbocycles. The van der Waals surface area contributed by atoms with Gasteiger partial charge in [0.2, 0.25) is 4.96 Å². The highest BCUT2D eigenvalue weighted by molar-refractivity contribution is 7.16. The zero-order valence-electron chi connectivity index (χ0n) is 13.0. The second-order valence-electron chi connectivity index (χ2n) is 4.99. The average Bonchev–Trinajstić information content (AvgIpc) is 2.97. The zero-order chi connectivity index (χ0) is 16.2. The minimum absolute atomic E-state index is 0.179. The molecule has 0 atom stereocenters. The van der Waals surface area contributed by atoms with Gasteiger partial charge in [0.15, 0.2) is 0 Å². The Morgan fingerprint density at radius 3 is 2.65 bits per heavy atom. The van der Waals surface area contributed by atoms with Crippen LogP contribution in [0.25, 0.3) is 4.96 Å². The van der Waals surface area contributed by atoms with E-state index in [1.807, 2.05) is 24.3 Å². The van der Waals surface area contributed by atoms with E-state index in [9.17, 15) is 4.79 Å². The molecule has 0 saturated carbocycles. The molecule has 0 bridgehead atoms. The average molecular weight is 331 g/mol. The van der Waals surface area contributed by atoms with Crippen LogP contribution in [-0.2, 0) is 13.0 Å². The maximum Gasteiger partial charge on any atom is 0.275 e. The molecule has 3 rings (SSSR count). The van der Waals surface area contributed by atoms with Crippen molar-refractivity contribution >= 4 is 16.3 Å². The van der Waals surface area contributed by atoms with Gasteiger partial charge in [0.1, 0.15) is 23.1 Å². The molecular formula is C16H17N3O3S. The number of methoxy groups -OCH3 is 1. The van der Waals surface area contributed by atoms with Gasteiger partial charge in [-0.25, -0.2) is 4.98 Å². The number of fused-ring (bicyclic) bond motifs is 1. The molecule has 1 aromatic carbocycles. The van der Waals surface area contributed by atoms with Crippen LogP contribution in [0.2, 0.25) is 0 Å². The van der Waals surface area contributed by atoms with Crippen LogP contribution in [0.1, 0.15) is 24.0 Å². The summed E-state index contributed by atoms with van der Waals surface area (Å²) in [6, 6.07) is 8.74. The number of aromatic nitrogens is 3. The number of aryl methyl sites for hydroxylation is 1. The number of hydrogen-bond donors (Lipinski definition) is 0. The van der Waals surface area contributed by atoms with Gasteiger partial charge < -0.3 is 9.47 Å². The molecule has 0 amide bonds. The first kappa shape index (κ1) is 15.5. The smallest absolute Gasteiger partial charge is 0.275 e. The molecule has 0 N–H and O–H groups in total. The van der Waals surface area contributed by atoms with Gasteiger partial charge in [-0.05, 0) is 30.7 Å². The first-order valence-corrected chi connectivity index (χ1v) is 8.17. The van der Waals surface area contributed by atoms with E-state index >= 15 is 0 Å². The van der Waals surface area contributed by atoms with E-state index in [2.05, 4.69) is 17.0 Å². The van der Waals surface area contributed by atoms with Crippen LogP contribution < -0.4 is 15.0 Å². The molecule has 0 aliphatic rings. The van der Waals surface area contributed by atoms with Crippen molar-refractivity contribution in [3.05, 3.63) is 51.4 Å². The first-order chi connectivity index (χ1) is 11.2. The summed E-state index contributed by atoms with van der Waals surface area (Å²) in [6.45, 7) is 2.31. The van der Waals surface area contributed by atoms with Crippen LogP contribution in [0, 0.1) is 0 Å². The van der Waals surface area contributed by atoms with Gasteiger partial charge in [0.05, 0.1) is 12.8 Å². The Kier molecular flexibility index (Phi) is 4.57. The summed E-state index contributed by atoms with van der Waals surface area (Å²) in [4.78, 5) is 17.2. The molecule has 0 spiro atoms. The largest absolute Gasteiger partial charge is 0.497 e. The van der Waals surface area contributed by atoms with Crippen molar-refractivity contribution in [2.75, 3.05) is 7.11 Å². The Hall–Kier alpha value is -2.41. The maximum absolute atomic E-state index is 12.1. The van der Waals surface area contributed by atoms with Crippen molar-refractivity contribution in [1.82, 2.24) is 14.6 Å². The van der Waals surface area contributed by atoms with E-state index < -0.39 is 0 Å². The highest BCUT2D eigenvalue weighted by atomic mass is 32.1. The number of ether oxygens (including phenoxy) is 2. The van der Waals surface area contributed by atoms with Crippen LogP contribution in [0.3, 0.4) is 0 Å². The van der Waals surface area contributed by atoms with Gasteiger partial charge in [-0.2, -0.15) is 9.61 Å². The number of benzene rings is 1. The fraction of sp³-hybridized carbons (Fsp3) is 0.312. The molecule has 2 heterocycles.